The molecule has 1 aliphatic heterocycles. The third-order valence-electron chi connectivity index (χ3n) is 3.01. The quantitative estimate of drug-likeness (QED) is 0.829. The molecule has 1 fully saturated rings. The molecular formula is C12H13N3OS. The van der Waals surface area contributed by atoms with Crippen LogP contribution in [0.15, 0.2) is 30.3 Å². The smallest absolute Gasteiger partial charge is 0.195 e. The standard InChI is InChI=1S/C12H13N3OS/c17-12-14-13-11(9-4-2-1-3-5-9)15(12)10-6-7-16-8-10/h1-5,10H,6-8H2,(H,14,17). The van der Waals surface area contributed by atoms with Gasteiger partial charge in [0.15, 0.2) is 10.6 Å². The van der Waals surface area contributed by atoms with Crippen molar-refractivity contribution >= 4 is 12.2 Å². The van der Waals surface area contributed by atoms with Crippen molar-refractivity contribution in [1.82, 2.24) is 14.8 Å². The topological polar surface area (TPSA) is 42.8 Å². The second kappa shape index (κ2) is 4.43. The molecule has 0 amide bonds. The van der Waals surface area contributed by atoms with E-state index in [0.717, 1.165) is 24.4 Å². The molecule has 1 aromatic carbocycles. The van der Waals surface area contributed by atoms with Gasteiger partial charge in [-0.3, -0.25) is 9.67 Å². The van der Waals surface area contributed by atoms with E-state index >= 15 is 0 Å². The summed E-state index contributed by atoms with van der Waals surface area (Å²) in [5, 5.41) is 7.19. The van der Waals surface area contributed by atoms with E-state index in [1.54, 1.807) is 0 Å². The molecule has 0 radical (unpaired) electrons. The van der Waals surface area contributed by atoms with Crippen LogP contribution in [0.3, 0.4) is 0 Å². The van der Waals surface area contributed by atoms with Crippen LogP contribution in [0.1, 0.15) is 12.5 Å². The van der Waals surface area contributed by atoms with E-state index in [2.05, 4.69) is 14.8 Å². The number of ether oxygens (including phenoxy) is 1. The Labute approximate surface area is 104 Å². The molecule has 0 saturated carbocycles. The van der Waals surface area contributed by atoms with Crippen LogP contribution in [0.4, 0.5) is 0 Å². The molecule has 1 N–H and O–H groups in total. The molecular weight excluding hydrogens is 234 g/mol. The molecule has 2 heterocycles. The minimum atomic E-state index is 0.302. The van der Waals surface area contributed by atoms with E-state index in [0.29, 0.717) is 17.4 Å². The molecule has 4 nitrogen and oxygen atoms in total. The molecule has 1 aromatic heterocycles. The Balaban J connectivity index is 2.09. The molecule has 0 bridgehead atoms. The number of hydrogen-bond acceptors (Lipinski definition) is 3. The fourth-order valence-corrected chi connectivity index (χ4v) is 2.44. The van der Waals surface area contributed by atoms with Gasteiger partial charge < -0.3 is 4.74 Å². The lowest BCUT2D eigenvalue weighted by molar-refractivity contribution is 0.186. The number of hydrogen-bond donors (Lipinski definition) is 1. The van der Waals surface area contributed by atoms with E-state index in [1.165, 1.54) is 0 Å². The van der Waals surface area contributed by atoms with Crippen LogP contribution in [0.5, 0.6) is 0 Å². The molecule has 0 spiro atoms. The fraction of sp³-hybridized carbons (Fsp3) is 0.333. The van der Waals surface area contributed by atoms with Crippen molar-refractivity contribution in [3.8, 4) is 11.4 Å². The van der Waals surface area contributed by atoms with Crippen LogP contribution in [0.2, 0.25) is 0 Å². The molecule has 0 aliphatic carbocycles. The Morgan fingerprint density at radius 1 is 1.35 bits per heavy atom. The molecule has 5 heteroatoms. The van der Waals surface area contributed by atoms with Gasteiger partial charge in [-0.25, -0.2) is 0 Å². The van der Waals surface area contributed by atoms with Gasteiger partial charge in [0, 0.05) is 12.2 Å². The fourth-order valence-electron chi connectivity index (χ4n) is 2.16. The van der Waals surface area contributed by atoms with E-state index in [9.17, 15) is 0 Å². The van der Waals surface area contributed by atoms with Gasteiger partial charge in [-0.2, -0.15) is 5.10 Å². The largest absolute Gasteiger partial charge is 0.379 e. The molecule has 1 atom stereocenters. The summed E-state index contributed by atoms with van der Waals surface area (Å²) in [4.78, 5) is 0. The van der Waals surface area contributed by atoms with E-state index < -0.39 is 0 Å². The molecule has 1 aliphatic rings. The second-order valence-electron chi connectivity index (χ2n) is 4.11. The zero-order valence-electron chi connectivity index (χ0n) is 9.30. The number of aromatic nitrogens is 3. The van der Waals surface area contributed by atoms with E-state index in [1.807, 2.05) is 30.3 Å². The van der Waals surface area contributed by atoms with Gasteiger partial charge in [0.2, 0.25) is 0 Å². The molecule has 1 saturated heterocycles. The summed E-state index contributed by atoms with van der Waals surface area (Å²) in [6, 6.07) is 10.4. The summed E-state index contributed by atoms with van der Waals surface area (Å²) in [5.74, 6) is 0.895. The maximum atomic E-state index is 5.42. The monoisotopic (exact) mass is 247 g/mol. The van der Waals surface area contributed by atoms with Crippen LogP contribution in [0.25, 0.3) is 11.4 Å². The number of nitrogens with zero attached hydrogens (tertiary/aromatic N) is 2. The van der Waals surface area contributed by atoms with Crippen molar-refractivity contribution in [1.29, 1.82) is 0 Å². The normalized spacial score (nSPS) is 19.6. The lowest BCUT2D eigenvalue weighted by atomic mass is 10.2. The lowest BCUT2D eigenvalue weighted by Gasteiger charge is -2.12. The van der Waals surface area contributed by atoms with Crippen LogP contribution in [-0.4, -0.2) is 28.0 Å². The average molecular weight is 247 g/mol. The molecule has 17 heavy (non-hydrogen) atoms. The van der Waals surface area contributed by atoms with Crippen molar-refractivity contribution in [3.63, 3.8) is 0 Å². The highest BCUT2D eigenvalue weighted by Crippen LogP contribution is 2.25. The van der Waals surface area contributed by atoms with Crippen molar-refractivity contribution in [2.45, 2.75) is 12.5 Å². The summed E-state index contributed by atoms with van der Waals surface area (Å²) >= 11 is 5.30. The van der Waals surface area contributed by atoms with Crippen LogP contribution < -0.4 is 0 Å². The predicted molar refractivity (Wildman–Crippen MR) is 67.3 cm³/mol. The van der Waals surface area contributed by atoms with Gasteiger partial charge in [0.05, 0.1) is 12.6 Å². The number of aromatic amines is 1. The minimum absolute atomic E-state index is 0.302. The Kier molecular flexibility index (Phi) is 2.78. The first-order valence-electron chi connectivity index (χ1n) is 5.66. The number of rotatable bonds is 2. The van der Waals surface area contributed by atoms with Crippen molar-refractivity contribution in [2.75, 3.05) is 13.2 Å². The third-order valence-corrected chi connectivity index (χ3v) is 3.30. The first-order chi connectivity index (χ1) is 8.36. The van der Waals surface area contributed by atoms with E-state index in [4.69, 9.17) is 17.0 Å². The number of H-pyrrole nitrogens is 1. The van der Waals surface area contributed by atoms with Crippen LogP contribution >= 0.6 is 12.2 Å². The highest BCUT2D eigenvalue weighted by atomic mass is 32.1. The van der Waals surface area contributed by atoms with Gasteiger partial charge in [-0.05, 0) is 18.6 Å². The summed E-state index contributed by atoms with van der Waals surface area (Å²) in [5.41, 5.74) is 1.08. The first kappa shape index (κ1) is 10.7. The minimum Gasteiger partial charge on any atom is -0.379 e. The Morgan fingerprint density at radius 2 is 2.18 bits per heavy atom. The Bertz CT molecular complexity index is 555. The highest BCUT2D eigenvalue weighted by Gasteiger charge is 2.22. The van der Waals surface area contributed by atoms with Gasteiger partial charge in [-0.1, -0.05) is 30.3 Å². The van der Waals surface area contributed by atoms with Gasteiger partial charge in [-0.15, -0.1) is 0 Å². The molecule has 2 aromatic rings. The second-order valence-corrected chi connectivity index (χ2v) is 4.49. The van der Waals surface area contributed by atoms with Gasteiger partial charge >= 0.3 is 0 Å². The summed E-state index contributed by atoms with van der Waals surface area (Å²) in [6.07, 6.45) is 0.994. The van der Waals surface area contributed by atoms with Crippen LogP contribution in [-0.2, 0) is 4.74 Å². The van der Waals surface area contributed by atoms with Crippen LogP contribution in [0, 0.1) is 4.77 Å². The summed E-state index contributed by atoms with van der Waals surface area (Å²) in [7, 11) is 0. The van der Waals surface area contributed by atoms with Crippen molar-refractivity contribution in [3.05, 3.63) is 35.1 Å². The summed E-state index contributed by atoms with van der Waals surface area (Å²) in [6.45, 7) is 1.51. The van der Waals surface area contributed by atoms with Gasteiger partial charge in [0.25, 0.3) is 0 Å². The molecule has 88 valence electrons. The lowest BCUT2D eigenvalue weighted by Crippen LogP contribution is -2.10. The van der Waals surface area contributed by atoms with E-state index in [-0.39, 0.29) is 0 Å². The zero-order chi connectivity index (χ0) is 11.7. The molecule has 1 unspecified atom stereocenters. The summed E-state index contributed by atoms with van der Waals surface area (Å²) < 4.78 is 8.15. The SMILES string of the molecule is S=c1[nH]nc(-c2ccccc2)n1C1CCOC1. The van der Waals surface area contributed by atoms with Crippen molar-refractivity contribution < 1.29 is 4.74 Å². The Hall–Kier alpha value is -1.46. The molecule has 3 rings (SSSR count). The Morgan fingerprint density at radius 3 is 2.88 bits per heavy atom. The first-order valence-corrected chi connectivity index (χ1v) is 6.07. The third kappa shape index (κ3) is 1.92. The maximum Gasteiger partial charge on any atom is 0.195 e. The van der Waals surface area contributed by atoms with Gasteiger partial charge in [0.1, 0.15) is 0 Å². The predicted octanol–water partition coefficient (Wildman–Crippen LogP) is 2.57. The van der Waals surface area contributed by atoms with Crippen molar-refractivity contribution in [2.24, 2.45) is 0 Å². The number of benzene rings is 1. The highest BCUT2D eigenvalue weighted by molar-refractivity contribution is 7.71. The maximum absolute atomic E-state index is 5.42. The number of nitrogens with one attached hydrogen (secondary N) is 1. The average Bonchev–Trinajstić information content (AvgIpc) is 2.99. The zero-order valence-corrected chi connectivity index (χ0v) is 10.1.